The topological polar surface area (TPSA) is 46.2 Å². The maximum atomic E-state index is 5.91. The molecule has 0 radical (unpaired) electrons. The van der Waals surface area contributed by atoms with E-state index in [9.17, 15) is 0 Å². The highest BCUT2D eigenvalue weighted by molar-refractivity contribution is 6.31. The number of benzene rings is 2. The molecule has 2 aromatic rings. The van der Waals surface area contributed by atoms with Crippen LogP contribution in [0.2, 0.25) is 6.04 Å². The number of methoxy groups -OCH3 is 2. The fourth-order valence-corrected chi connectivity index (χ4v) is 3.04. The average molecular weight is 383 g/mol. The summed E-state index contributed by atoms with van der Waals surface area (Å²) in [4.78, 5) is 0. The lowest BCUT2D eigenvalue weighted by Crippen LogP contribution is -2.30. The van der Waals surface area contributed by atoms with Crippen LogP contribution >= 0.6 is 11.6 Å². The number of halogens is 1. The Morgan fingerprint density at radius 1 is 0.800 bits per heavy atom. The fourth-order valence-electron chi connectivity index (χ4n) is 2.04. The molecule has 5 nitrogen and oxygen atoms in total. The molecular weight excluding hydrogens is 360 g/mol. The van der Waals surface area contributed by atoms with Gasteiger partial charge in [0, 0.05) is 5.88 Å². The highest BCUT2D eigenvalue weighted by atomic mass is 35.5. The summed E-state index contributed by atoms with van der Waals surface area (Å²) in [6, 6.07) is 15.6. The Kier molecular flexibility index (Phi) is 8.45. The predicted octanol–water partition coefficient (Wildman–Crippen LogP) is 3.25. The summed E-state index contributed by atoms with van der Waals surface area (Å²) in [5, 5.41) is 0. The molecule has 0 heterocycles. The van der Waals surface area contributed by atoms with Crippen molar-refractivity contribution < 1.29 is 23.4 Å². The van der Waals surface area contributed by atoms with Crippen LogP contribution in [0.5, 0.6) is 23.0 Å². The SMILES string of the molecule is COc1ccc(OC(CO[SiH2]CCCl)Oc2ccc(OC)cc2)cc1. The summed E-state index contributed by atoms with van der Waals surface area (Å²) in [5.41, 5.74) is 0. The first-order chi connectivity index (χ1) is 12.2. The van der Waals surface area contributed by atoms with Crippen molar-refractivity contribution in [2.24, 2.45) is 0 Å². The normalized spacial score (nSPS) is 11.0. The van der Waals surface area contributed by atoms with Crippen molar-refractivity contribution in [3.63, 3.8) is 0 Å². The minimum absolute atomic E-state index is 0.348. The van der Waals surface area contributed by atoms with E-state index in [1.807, 2.05) is 48.5 Å². The number of hydrogen-bond acceptors (Lipinski definition) is 5. The first kappa shape index (κ1) is 19.4. The third-order valence-electron chi connectivity index (χ3n) is 3.33. The van der Waals surface area contributed by atoms with Gasteiger partial charge >= 0.3 is 0 Å². The average Bonchev–Trinajstić information content (AvgIpc) is 2.66. The van der Waals surface area contributed by atoms with Crippen molar-refractivity contribution in [3.05, 3.63) is 48.5 Å². The molecule has 0 aliphatic rings. The summed E-state index contributed by atoms with van der Waals surface area (Å²) >= 11 is 5.70. The van der Waals surface area contributed by atoms with E-state index in [4.69, 9.17) is 35.0 Å². The van der Waals surface area contributed by atoms with Gasteiger partial charge in [-0.25, -0.2) is 0 Å². The zero-order valence-electron chi connectivity index (χ0n) is 14.4. The molecule has 0 aliphatic carbocycles. The fraction of sp³-hybridized carbons (Fsp3) is 0.333. The van der Waals surface area contributed by atoms with Crippen LogP contribution < -0.4 is 18.9 Å². The molecular formula is C18H23ClO5Si. The Morgan fingerprint density at radius 3 is 1.64 bits per heavy atom. The molecule has 0 spiro atoms. The van der Waals surface area contributed by atoms with Gasteiger partial charge in [-0.15, -0.1) is 11.6 Å². The van der Waals surface area contributed by atoms with E-state index >= 15 is 0 Å². The molecule has 0 N–H and O–H groups in total. The Labute approximate surface area is 155 Å². The zero-order valence-corrected chi connectivity index (χ0v) is 16.6. The molecule has 7 heteroatoms. The maximum absolute atomic E-state index is 5.91. The van der Waals surface area contributed by atoms with E-state index in [2.05, 4.69) is 0 Å². The zero-order chi connectivity index (χ0) is 17.9. The standard InChI is InChI=1S/C18H23ClO5Si/c1-20-14-3-7-16(8-4-14)23-18(13-22-25-12-11-19)24-17-9-5-15(21-2)6-10-17/h3-10,18H,11-13,25H2,1-2H3. The maximum Gasteiger partial charge on any atom is 0.262 e. The minimum Gasteiger partial charge on any atom is -0.497 e. The molecule has 0 aromatic heterocycles. The van der Waals surface area contributed by atoms with Crippen LogP contribution in [-0.4, -0.2) is 42.8 Å². The van der Waals surface area contributed by atoms with Gasteiger partial charge in [0.05, 0.1) is 14.2 Å². The Morgan fingerprint density at radius 2 is 1.24 bits per heavy atom. The molecule has 25 heavy (non-hydrogen) atoms. The van der Waals surface area contributed by atoms with E-state index < -0.39 is 16.1 Å². The van der Waals surface area contributed by atoms with E-state index in [1.54, 1.807) is 14.2 Å². The van der Waals surface area contributed by atoms with Crippen molar-refractivity contribution in [1.29, 1.82) is 0 Å². The van der Waals surface area contributed by atoms with Gasteiger partial charge in [0.15, 0.2) is 9.76 Å². The molecule has 0 fully saturated rings. The molecule has 0 saturated carbocycles. The highest BCUT2D eigenvalue weighted by Crippen LogP contribution is 2.21. The highest BCUT2D eigenvalue weighted by Gasteiger charge is 2.13. The number of hydrogen-bond donors (Lipinski definition) is 0. The first-order valence-corrected chi connectivity index (χ1v) is 10.1. The summed E-state index contributed by atoms with van der Waals surface area (Å²) in [6.45, 7) is 0.348. The van der Waals surface area contributed by atoms with Gasteiger partial charge in [-0.2, -0.15) is 0 Å². The second-order valence-corrected chi connectivity index (χ2v) is 7.04. The van der Waals surface area contributed by atoms with Gasteiger partial charge in [-0.05, 0) is 54.6 Å². The Balaban J connectivity index is 1.99. The van der Waals surface area contributed by atoms with E-state index in [0.717, 1.165) is 17.5 Å². The summed E-state index contributed by atoms with van der Waals surface area (Å²) < 4.78 is 27.9. The van der Waals surface area contributed by atoms with Crippen molar-refractivity contribution in [2.75, 3.05) is 26.7 Å². The van der Waals surface area contributed by atoms with Gasteiger partial charge < -0.3 is 23.4 Å². The molecule has 136 valence electrons. The van der Waals surface area contributed by atoms with Crippen molar-refractivity contribution >= 4 is 21.4 Å². The lowest BCUT2D eigenvalue weighted by molar-refractivity contribution is -0.0272. The molecule has 2 rings (SSSR count). The van der Waals surface area contributed by atoms with Gasteiger partial charge in [0.25, 0.3) is 6.29 Å². The molecule has 0 unspecified atom stereocenters. The smallest absolute Gasteiger partial charge is 0.262 e. The largest absolute Gasteiger partial charge is 0.497 e. The minimum atomic E-state index is -0.662. The van der Waals surface area contributed by atoms with Crippen molar-refractivity contribution in [3.8, 4) is 23.0 Å². The first-order valence-electron chi connectivity index (χ1n) is 8.00. The summed E-state index contributed by atoms with van der Waals surface area (Å²) in [6.07, 6.45) is -0.551. The molecule has 0 amide bonds. The van der Waals surface area contributed by atoms with E-state index in [-0.39, 0.29) is 0 Å². The van der Waals surface area contributed by atoms with Gasteiger partial charge in [0.2, 0.25) is 0 Å². The van der Waals surface area contributed by atoms with Crippen LogP contribution in [0.25, 0.3) is 0 Å². The third-order valence-corrected chi connectivity index (χ3v) is 5.21. The second-order valence-electron chi connectivity index (χ2n) is 5.13. The van der Waals surface area contributed by atoms with Crippen LogP contribution in [0.3, 0.4) is 0 Å². The van der Waals surface area contributed by atoms with Gasteiger partial charge in [0.1, 0.15) is 29.6 Å². The lowest BCUT2D eigenvalue weighted by atomic mass is 10.3. The number of rotatable bonds is 11. The van der Waals surface area contributed by atoms with Crippen LogP contribution in [-0.2, 0) is 4.43 Å². The number of alkyl halides is 1. The van der Waals surface area contributed by atoms with Gasteiger partial charge in [-0.3, -0.25) is 0 Å². The quantitative estimate of drug-likeness (QED) is 0.258. The molecule has 0 atom stereocenters. The van der Waals surface area contributed by atoms with Crippen LogP contribution in [0.4, 0.5) is 0 Å². The van der Waals surface area contributed by atoms with Crippen molar-refractivity contribution in [2.45, 2.75) is 12.3 Å². The molecule has 0 saturated heterocycles. The van der Waals surface area contributed by atoms with E-state index in [0.29, 0.717) is 24.0 Å². The molecule has 0 bridgehead atoms. The van der Waals surface area contributed by atoms with E-state index in [1.165, 1.54) is 0 Å². The van der Waals surface area contributed by atoms with Crippen LogP contribution in [0.1, 0.15) is 0 Å². The molecule has 0 aliphatic heterocycles. The van der Waals surface area contributed by atoms with Crippen LogP contribution in [0.15, 0.2) is 48.5 Å². The summed E-state index contributed by atoms with van der Waals surface area (Å²) in [5.74, 6) is 3.52. The molecule has 2 aromatic carbocycles. The van der Waals surface area contributed by atoms with Crippen LogP contribution in [0, 0.1) is 0 Å². The summed E-state index contributed by atoms with van der Waals surface area (Å²) in [7, 11) is 2.59. The van der Waals surface area contributed by atoms with Crippen molar-refractivity contribution in [1.82, 2.24) is 0 Å². The number of ether oxygens (including phenoxy) is 4. The Hall–Kier alpha value is -1.89. The predicted molar refractivity (Wildman–Crippen MR) is 101 cm³/mol. The second kappa shape index (κ2) is 10.9. The Bertz CT molecular complexity index is 556. The monoisotopic (exact) mass is 382 g/mol. The lowest BCUT2D eigenvalue weighted by Gasteiger charge is -2.21. The van der Waals surface area contributed by atoms with Gasteiger partial charge in [-0.1, -0.05) is 0 Å². The third kappa shape index (κ3) is 6.86.